The summed E-state index contributed by atoms with van der Waals surface area (Å²) in [6, 6.07) is 2.70. The van der Waals surface area contributed by atoms with E-state index in [-0.39, 0.29) is 17.2 Å². The van der Waals surface area contributed by atoms with E-state index < -0.39 is 5.97 Å². The lowest BCUT2D eigenvalue weighted by Crippen LogP contribution is -2.28. The first-order valence-electron chi connectivity index (χ1n) is 5.48. The Hall–Kier alpha value is -2.77. The van der Waals surface area contributed by atoms with Gasteiger partial charge in [0.05, 0.1) is 18.3 Å². The molecule has 2 aromatic heterocycles. The van der Waals surface area contributed by atoms with Crippen molar-refractivity contribution in [2.45, 2.75) is 6.54 Å². The summed E-state index contributed by atoms with van der Waals surface area (Å²) in [5.41, 5.74) is 0.211. The molecule has 0 unspecified atom stereocenters. The first kappa shape index (κ1) is 12.7. The average Bonchev–Trinajstić information content (AvgIpc) is 2.92. The van der Waals surface area contributed by atoms with E-state index in [1.54, 1.807) is 17.1 Å². The third-order valence-corrected chi connectivity index (χ3v) is 2.34. The maximum Gasteiger partial charge on any atom is 0.337 e. The fraction of sp³-hybridized carbons (Fsp3) is 0.182. The van der Waals surface area contributed by atoms with Crippen LogP contribution in [0.15, 0.2) is 30.7 Å². The van der Waals surface area contributed by atoms with Crippen LogP contribution in [0.2, 0.25) is 0 Å². The van der Waals surface area contributed by atoms with Crippen LogP contribution in [0, 0.1) is 0 Å². The van der Waals surface area contributed by atoms with Gasteiger partial charge in [0.15, 0.2) is 0 Å². The maximum absolute atomic E-state index is 11.7. The van der Waals surface area contributed by atoms with Crippen LogP contribution in [0.5, 0.6) is 0 Å². The Labute approximate surface area is 108 Å². The Balaban J connectivity index is 1.87. The third-order valence-electron chi connectivity index (χ3n) is 2.34. The molecule has 19 heavy (non-hydrogen) atoms. The lowest BCUT2D eigenvalue weighted by atomic mass is 10.2. The summed E-state index contributed by atoms with van der Waals surface area (Å²) in [5, 5.41) is 18.7. The van der Waals surface area contributed by atoms with Gasteiger partial charge in [-0.2, -0.15) is 0 Å². The number of amides is 1. The highest BCUT2D eigenvalue weighted by Gasteiger charge is 2.08. The Bertz CT molecular complexity index is 565. The molecule has 2 heterocycles. The second kappa shape index (κ2) is 5.71. The zero-order chi connectivity index (χ0) is 13.7. The number of aromatic carboxylic acids is 1. The summed E-state index contributed by atoms with van der Waals surface area (Å²) >= 11 is 0. The van der Waals surface area contributed by atoms with Gasteiger partial charge < -0.3 is 10.4 Å². The molecule has 0 fully saturated rings. The number of carbonyl (C=O) groups excluding carboxylic acids is 1. The fourth-order valence-corrected chi connectivity index (χ4v) is 1.38. The average molecular weight is 261 g/mol. The fourth-order valence-electron chi connectivity index (χ4n) is 1.38. The van der Waals surface area contributed by atoms with Crippen LogP contribution in [0.4, 0.5) is 0 Å². The second-order valence-corrected chi connectivity index (χ2v) is 3.66. The Morgan fingerprint density at radius 1 is 1.37 bits per heavy atom. The highest BCUT2D eigenvalue weighted by atomic mass is 16.4. The normalized spacial score (nSPS) is 10.1. The molecular weight excluding hydrogens is 250 g/mol. The number of hydrogen-bond acceptors (Lipinski definition) is 5. The number of carboxylic acids is 1. The van der Waals surface area contributed by atoms with Crippen molar-refractivity contribution in [1.82, 2.24) is 25.3 Å². The van der Waals surface area contributed by atoms with Gasteiger partial charge in [0, 0.05) is 18.9 Å². The van der Waals surface area contributed by atoms with Crippen LogP contribution < -0.4 is 5.32 Å². The number of carbonyl (C=O) groups is 2. The molecule has 8 heteroatoms. The predicted octanol–water partition coefficient (Wildman–Crippen LogP) is -0.199. The van der Waals surface area contributed by atoms with Crippen molar-refractivity contribution in [3.8, 4) is 0 Å². The molecule has 0 bridgehead atoms. The van der Waals surface area contributed by atoms with Crippen molar-refractivity contribution in [3.05, 3.63) is 42.0 Å². The molecule has 0 aliphatic heterocycles. The summed E-state index contributed by atoms with van der Waals surface area (Å²) in [7, 11) is 0. The van der Waals surface area contributed by atoms with E-state index in [9.17, 15) is 9.59 Å². The van der Waals surface area contributed by atoms with E-state index in [0.29, 0.717) is 13.1 Å². The number of rotatable bonds is 5. The molecule has 0 radical (unpaired) electrons. The Morgan fingerprint density at radius 2 is 2.21 bits per heavy atom. The van der Waals surface area contributed by atoms with Gasteiger partial charge in [0.25, 0.3) is 5.91 Å². The number of carboxylic acid groups (broad SMARTS) is 1. The van der Waals surface area contributed by atoms with Crippen LogP contribution in [0.25, 0.3) is 0 Å². The predicted molar refractivity (Wildman–Crippen MR) is 63.6 cm³/mol. The summed E-state index contributed by atoms with van der Waals surface area (Å²) in [6.07, 6.45) is 4.38. The van der Waals surface area contributed by atoms with Crippen molar-refractivity contribution in [3.63, 3.8) is 0 Å². The molecule has 2 aromatic rings. The summed E-state index contributed by atoms with van der Waals surface area (Å²) in [6.45, 7) is 0.878. The minimum atomic E-state index is -1.08. The molecule has 8 nitrogen and oxygen atoms in total. The van der Waals surface area contributed by atoms with Crippen molar-refractivity contribution in [1.29, 1.82) is 0 Å². The van der Waals surface area contributed by atoms with Crippen molar-refractivity contribution < 1.29 is 14.7 Å². The molecule has 0 aliphatic carbocycles. The SMILES string of the molecule is O=C(O)c1ccc(C(=O)NCCn2ccnn2)nc1. The quantitative estimate of drug-likeness (QED) is 0.771. The van der Waals surface area contributed by atoms with E-state index in [1.165, 1.54) is 12.1 Å². The summed E-state index contributed by atoms with van der Waals surface area (Å²) in [4.78, 5) is 26.1. The van der Waals surface area contributed by atoms with Gasteiger partial charge in [0.2, 0.25) is 0 Å². The number of nitrogens with one attached hydrogen (secondary N) is 1. The highest BCUT2D eigenvalue weighted by molar-refractivity contribution is 5.93. The van der Waals surface area contributed by atoms with Crippen LogP contribution in [-0.4, -0.2) is 43.5 Å². The van der Waals surface area contributed by atoms with Gasteiger partial charge in [0.1, 0.15) is 5.69 Å². The molecule has 0 spiro atoms. The molecule has 2 rings (SSSR count). The van der Waals surface area contributed by atoms with Gasteiger partial charge in [-0.25, -0.2) is 4.79 Å². The second-order valence-electron chi connectivity index (χ2n) is 3.66. The first-order valence-corrected chi connectivity index (χ1v) is 5.48. The van der Waals surface area contributed by atoms with Gasteiger partial charge in [-0.3, -0.25) is 14.5 Å². The van der Waals surface area contributed by atoms with Crippen molar-refractivity contribution in [2.24, 2.45) is 0 Å². The van der Waals surface area contributed by atoms with E-state index in [1.807, 2.05) is 0 Å². The Morgan fingerprint density at radius 3 is 2.79 bits per heavy atom. The molecule has 2 N–H and O–H groups in total. The van der Waals surface area contributed by atoms with Crippen molar-refractivity contribution >= 4 is 11.9 Å². The van der Waals surface area contributed by atoms with Crippen LogP contribution in [-0.2, 0) is 6.54 Å². The molecule has 0 atom stereocenters. The lowest BCUT2D eigenvalue weighted by molar-refractivity contribution is 0.0695. The van der Waals surface area contributed by atoms with Crippen molar-refractivity contribution in [2.75, 3.05) is 6.54 Å². The standard InChI is InChI=1S/C11H11N5O3/c17-10(12-3-5-16-6-4-14-15-16)9-2-1-8(7-13-9)11(18)19/h1-2,4,6-7H,3,5H2,(H,12,17)(H,18,19). The monoisotopic (exact) mass is 261 g/mol. The number of aromatic nitrogens is 4. The topological polar surface area (TPSA) is 110 Å². The van der Waals surface area contributed by atoms with Crippen LogP contribution in [0.3, 0.4) is 0 Å². The number of pyridine rings is 1. The van der Waals surface area contributed by atoms with E-state index in [0.717, 1.165) is 6.20 Å². The lowest BCUT2D eigenvalue weighted by Gasteiger charge is -2.04. The number of nitrogens with zero attached hydrogens (tertiary/aromatic N) is 4. The van der Waals surface area contributed by atoms with E-state index in [4.69, 9.17) is 5.11 Å². The van der Waals surface area contributed by atoms with Gasteiger partial charge in [-0.15, -0.1) is 5.10 Å². The van der Waals surface area contributed by atoms with Gasteiger partial charge in [-0.1, -0.05) is 5.21 Å². The first-order chi connectivity index (χ1) is 9.16. The zero-order valence-electron chi connectivity index (χ0n) is 9.85. The largest absolute Gasteiger partial charge is 0.478 e. The zero-order valence-corrected chi connectivity index (χ0v) is 9.85. The maximum atomic E-state index is 11.7. The van der Waals surface area contributed by atoms with Gasteiger partial charge >= 0.3 is 5.97 Å². The van der Waals surface area contributed by atoms with E-state index >= 15 is 0 Å². The summed E-state index contributed by atoms with van der Waals surface area (Å²) in [5.74, 6) is -1.44. The van der Waals surface area contributed by atoms with Gasteiger partial charge in [-0.05, 0) is 12.1 Å². The highest BCUT2D eigenvalue weighted by Crippen LogP contribution is 2.00. The third kappa shape index (κ3) is 3.35. The molecular formula is C11H11N5O3. The molecule has 0 aromatic carbocycles. The summed E-state index contributed by atoms with van der Waals surface area (Å²) < 4.78 is 1.58. The smallest absolute Gasteiger partial charge is 0.337 e. The molecule has 1 amide bonds. The van der Waals surface area contributed by atoms with Crippen LogP contribution >= 0.6 is 0 Å². The molecule has 98 valence electrons. The van der Waals surface area contributed by atoms with E-state index in [2.05, 4.69) is 20.6 Å². The minimum absolute atomic E-state index is 0.0409. The molecule has 0 saturated carbocycles. The molecule has 0 aliphatic rings. The Kier molecular flexibility index (Phi) is 3.81. The van der Waals surface area contributed by atoms with Crippen LogP contribution in [0.1, 0.15) is 20.8 Å². The molecule has 0 saturated heterocycles. The number of hydrogen-bond donors (Lipinski definition) is 2. The minimum Gasteiger partial charge on any atom is -0.478 e.